The average Bonchev–Trinajstić information content (AvgIpc) is 2.45. The molecule has 1 unspecified atom stereocenters. The van der Waals surface area contributed by atoms with Crippen molar-refractivity contribution >= 4 is 11.9 Å². The Morgan fingerprint density at radius 1 is 0.950 bits per heavy atom. The molecular weight excluding hydrogens is 260 g/mol. The van der Waals surface area contributed by atoms with Crippen molar-refractivity contribution in [2.24, 2.45) is 0 Å². The number of hydrogen-bond acceptors (Lipinski definition) is 3. The largest absolute Gasteiger partial charge is 0.478 e. The van der Waals surface area contributed by atoms with Crippen LogP contribution in [0.25, 0.3) is 0 Å². The standard InChI is InChI=1S/C15H12O5/c16-14(17)11-7-4-8-12(9-11)20-13(15(18)19)10-5-2-1-3-6-10/h1-9,13H,(H,16,17)(H,18,19). The number of aliphatic carboxylic acids is 1. The van der Waals surface area contributed by atoms with Gasteiger partial charge in [-0.25, -0.2) is 9.59 Å². The van der Waals surface area contributed by atoms with Gasteiger partial charge in [-0.2, -0.15) is 0 Å². The van der Waals surface area contributed by atoms with E-state index in [1.54, 1.807) is 30.3 Å². The van der Waals surface area contributed by atoms with Crippen LogP contribution in [0.3, 0.4) is 0 Å². The van der Waals surface area contributed by atoms with E-state index in [0.717, 1.165) is 0 Å². The van der Waals surface area contributed by atoms with E-state index in [-0.39, 0.29) is 11.3 Å². The van der Waals surface area contributed by atoms with Gasteiger partial charge in [-0.15, -0.1) is 0 Å². The van der Waals surface area contributed by atoms with Crippen LogP contribution in [0.15, 0.2) is 54.6 Å². The minimum Gasteiger partial charge on any atom is -0.478 e. The van der Waals surface area contributed by atoms with Crippen LogP contribution in [0.5, 0.6) is 5.75 Å². The van der Waals surface area contributed by atoms with Crippen LogP contribution in [-0.2, 0) is 4.79 Å². The fraction of sp³-hybridized carbons (Fsp3) is 0.0667. The summed E-state index contributed by atoms with van der Waals surface area (Å²) in [6, 6.07) is 14.2. The van der Waals surface area contributed by atoms with E-state index in [0.29, 0.717) is 5.56 Å². The van der Waals surface area contributed by atoms with Gasteiger partial charge in [0.1, 0.15) is 5.75 Å². The zero-order chi connectivity index (χ0) is 14.5. The van der Waals surface area contributed by atoms with E-state index in [4.69, 9.17) is 9.84 Å². The molecule has 1 atom stereocenters. The first-order valence-electron chi connectivity index (χ1n) is 5.85. The summed E-state index contributed by atoms with van der Waals surface area (Å²) in [6.45, 7) is 0. The van der Waals surface area contributed by atoms with Gasteiger partial charge in [0.05, 0.1) is 5.56 Å². The minimum absolute atomic E-state index is 0.0414. The van der Waals surface area contributed by atoms with Crippen molar-refractivity contribution in [3.05, 3.63) is 65.7 Å². The van der Waals surface area contributed by atoms with Crippen molar-refractivity contribution in [2.75, 3.05) is 0 Å². The lowest BCUT2D eigenvalue weighted by Gasteiger charge is -2.15. The Kier molecular flexibility index (Phi) is 4.00. The molecule has 2 rings (SSSR count). The maximum atomic E-state index is 11.3. The molecule has 2 aromatic rings. The molecule has 0 aliphatic rings. The van der Waals surface area contributed by atoms with Gasteiger partial charge < -0.3 is 14.9 Å². The highest BCUT2D eigenvalue weighted by Gasteiger charge is 2.21. The Bertz CT molecular complexity index is 621. The number of benzene rings is 2. The second kappa shape index (κ2) is 5.88. The maximum absolute atomic E-state index is 11.3. The molecule has 0 aliphatic carbocycles. The monoisotopic (exact) mass is 272 g/mol. The molecule has 2 aromatic carbocycles. The second-order valence-corrected chi connectivity index (χ2v) is 4.08. The first kappa shape index (κ1) is 13.6. The van der Waals surface area contributed by atoms with Crippen molar-refractivity contribution < 1.29 is 24.5 Å². The molecule has 0 heterocycles. The van der Waals surface area contributed by atoms with Crippen molar-refractivity contribution in [1.29, 1.82) is 0 Å². The third-order valence-corrected chi connectivity index (χ3v) is 2.66. The van der Waals surface area contributed by atoms with Gasteiger partial charge >= 0.3 is 11.9 Å². The van der Waals surface area contributed by atoms with Gasteiger partial charge in [0.15, 0.2) is 0 Å². The zero-order valence-electron chi connectivity index (χ0n) is 10.4. The summed E-state index contributed by atoms with van der Waals surface area (Å²) in [5.74, 6) is -2.04. The molecule has 0 saturated heterocycles. The fourth-order valence-corrected chi connectivity index (χ4v) is 1.73. The van der Waals surface area contributed by atoms with Gasteiger partial charge in [-0.05, 0) is 18.2 Å². The molecule has 0 saturated carbocycles. The zero-order valence-corrected chi connectivity index (χ0v) is 10.4. The molecule has 5 heteroatoms. The molecule has 0 spiro atoms. The second-order valence-electron chi connectivity index (χ2n) is 4.08. The molecule has 0 aromatic heterocycles. The summed E-state index contributed by atoms with van der Waals surface area (Å²) in [5, 5.41) is 18.1. The number of aromatic carboxylic acids is 1. The molecule has 0 radical (unpaired) electrons. The molecule has 0 bridgehead atoms. The normalized spacial score (nSPS) is 11.6. The smallest absolute Gasteiger partial charge is 0.349 e. The Morgan fingerprint density at radius 2 is 1.65 bits per heavy atom. The molecule has 0 fully saturated rings. The van der Waals surface area contributed by atoms with Crippen molar-refractivity contribution in [1.82, 2.24) is 0 Å². The summed E-state index contributed by atoms with van der Waals surface area (Å²) in [4.78, 5) is 22.2. The van der Waals surface area contributed by atoms with Gasteiger partial charge in [-0.1, -0.05) is 36.4 Å². The lowest BCUT2D eigenvalue weighted by atomic mass is 10.1. The van der Waals surface area contributed by atoms with Crippen LogP contribution >= 0.6 is 0 Å². The van der Waals surface area contributed by atoms with E-state index >= 15 is 0 Å². The first-order chi connectivity index (χ1) is 9.58. The first-order valence-corrected chi connectivity index (χ1v) is 5.85. The lowest BCUT2D eigenvalue weighted by molar-refractivity contribution is -0.145. The van der Waals surface area contributed by atoms with Gasteiger partial charge in [0.2, 0.25) is 6.10 Å². The van der Waals surface area contributed by atoms with Crippen molar-refractivity contribution in [3.63, 3.8) is 0 Å². The number of ether oxygens (including phenoxy) is 1. The Hall–Kier alpha value is -2.82. The van der Waals surface area contributed by atoms with Crippen molar-refractivity contribution in [2.45, 2.75) is 6.10 Å². The Labute approximate surface area is 115 Å². The summed E-state index contributed by atoms with van der Waals surface area (Å²) >= 11 is 0. The lowest BCUT2D eigenvalue weighted by Crippen LogP contribution is -2.18. The molecule has 2 N–H and O–H groups in total. The summed E-state index contributed by atoms with van der Waals surface area (Å²) < 4.78 is 5.39. The van der Waals surface area contributed by atoms with Crippen LogP contribution in [0.1, 0.15) is 22.0 Å². The van der Waals surface area contributed by atoms with Crippen LogP contribution in [0, 0.1) is 0 Å². The van der Waals surface area contributed by atoms with Gasteiger partial charge in [0.25, 0.3) is 0 Å². The van der Waals surface area contributed by atoms with E-state index in [1.807, 2.05) is 0 Å². The molecule has 0 aliphatic heterocycles. The number of carboxylic acid groups (broad SMARTS) is 2. The molecule has 102 valence electrons. The van der Waals surface area contributed by atoms with Gasteiger partial charge in [0, 0.05) is 5.56 Å². The topological polar surface area (TPSA) is 83.8 Å². The highest BCUT2D eigenvalue weighted by molar-refractivity contribution is 5.88. The molecule has 5 nitrogen and oxygen atoms in total. The predicted octanol–water partition coefficient (Wildman–Crippen LogP) is 2.59. The van der Waals surface area contributed by atoms with Crippen LogP contribution < -0.4 is 4.74 Å². The maximum Gasteiger partial charge on any atom is 0.349 e. The summed E-state index contributed by atoms with van der Waals surface area (Å²) in [7, 11) is 0. The van der Waals surface area contributed by atoms with Crippen LogP contribution in [-0.4, -0.2) is 22.2 Å². The molecule has 20 heavy (non-hydrogen) atoms. The minimum atomic E-state index is -1.18. The summed E-state index contributed by atoms with van der Waals surface area (Å²) in [6.07, 6.45) is -1.18. The third kappa shape index (κ3) is 3.14. The van der Waals surface area contributed by atoms with E-state index in [9.17, 15) is 14.7 Å². The number of hydrogen-bond donors (Lipinski definition) is 2. The van der Waals surface area contributed by atoms with E-state index in [2.05, 4.69) is 0 Å². The number of carbonyl (C=O) groups is 2. The fourth-order valence-electron chi connectivity index (χ4n) is 1.73. The van der Waals surface area contributed by atoms with E-state index in [1.165, 1.54) is 24.3 Å². The van der Waals surface area contributed by atoms with Crippen molar-refractivity contribution in [3.8, 4) is 5.75 Å². The number of rotatable bonds is 5. The highest BCUT2D eigenvalue weighted by atomic mass is 16.5. The quantitative estimate of drug-likeness (QED) is 0.874. The predicted molar refractivity (Wildman–Crippen MR) is 70.8 cm³/mol. The van der Waals surface area contributed by atoms with Crippen LogP contribution in [0.2, 0.25) is 0 Å². The third-order valence-electron chi connectivity index (χ3n) is 2.66. The van der Waals surface area contributed by atoms with Crippen LogP contribution in [0.4, 0.5) is 0 Å². The molecular formula is C15H12O5. The van der Waals surface area contributed by atoms with Gasteiger partial charge in [-0.3, -0.25) is 0 Å². The SMILES string of the molecule is O=C(O)c1cccc(OC(C(=O)O)c2ccccc2)c1. The molecule has 0 amide bonds. The highest BCUT2D eigenvalue weighted by Crippen LogP contribution is 2.23. The summed E-state index contributed by atoms with van der Waals surface area (Å²) in [5.41, 5.74) is 0.528. The average molecular weight is 272 g/mol. The Morgan fingerprint density at radius 3 is 2.25 bits per heavy atom. The van der Waals surface area contributed by atoms with E-state index < -0.39 is 18.0 Å². The number of carboxylic acids is 2. The Balaban J connectivity index is 2.27.